The zero-order valence-corrected chi connectivity index (χ0v) is 14.8. The highest BCUT2D eigenvalue weighted by atomic mass is 16.4. The van der Waals surface area contributed by atoms with E-state index in [-0.39, 0.29) is 17.2 Å². The van der Waals surface area contributed by atoms with Gasteiger partial charge in [0.05, 0.1) is 7.05 Å². The average molecular weight is 333 g/mol. The van der Waals surface area contributed by atoms with Gasteiger partial charge < -0.3 is 19.7 Å². The number of rotatable bonds is 4. The highest BCUT2D eigenvalue weighted by molar-refractivity contribution is 5.84. The van der Waals surface area contributed by atoms with E-state index in [1.807, 2.05) is 27.8 Å². The molecule has 1 amide bonds. The van der Waals surface area contributed by atoms with Crippen LogP contribution in [-0.2, 0) is 11.3 Å². The molecule has 130 valence electrons. The number of aryl methyl sites for hydroxylation is 1. The highest BCUT2D eigenvalue weighted by Crippen LogP contribution is 2.26. The van der Waals surface area contributed by atoms with Crippen molar-refractivity contribution in [2.45, 2.75) is 39.8 Å². The van der Waals surface area contributed by atoms with Gasteiger partial charge >= 0.3 is 5.63 Å². The number of hydrogen-bond donors (Lipinski definition) is 3. The van der Waals surface area contributed by atoms with Crippen molar-refractivity contribution in [2.75, 3.05) is 13.6 Å². The number of fused-ring (bicyclic) bond motifs is 1. The number of hydrogen-bond acceptors (Lipinski definition) is 4. The Balaban J connectivity index is 2.25. The Morgan fingerprint density at radius 3 is 2.62 bits per heavy atom. The number of aromatic hydroxyl groups is 1. The summed E-state index contributed by atoms with van der Waals surface area (Å²) in [5.41, 5.74) is 0.995. The van der Waals surface area contributed by atoms with Gasteiger partial charge in [0.2, 0.25) is 0 Å². The van der Waals surface area contributed by atoms with Crippen LogP contribution in [0.5, 0.6) is 5.75 Å². The Hall–Kier alpha value is -2.34. The molecule has 0 radical (unpaired) electrons. The van der Waals surface area contributed by atoms with Gasteiger partial charge in [0.25, 0.3) is 5.91 Å². The molecule has 1 atom stereocenters. The first kappa shape index (κ1) is 18.0. The molecular formula is C18H25N2O4+. The van der Waals surface area contributed by atoms with Crippen LogP contribution in [0, 0.1) is 6.92 Å². The zero-order chi connectivity index (χ0) is 18.1. The van der Waals surface area contributed by atoms with Crippen molar-refractivity contribution in [3.8, 4) is 5.75 Å². The topological polar surface area (TPSA) is 84.0 Å². The molecule has 0 fully saturated rings. The maximum Gasteiger partial charge on any atom is 0.336 e. The predicted octanol–water partition coefficient (Wildman–Crippen LogP) is 0.736. The third-order valence-corrected chi connectivity index (χ3v) is 3.69. The molecule has 1 heterocycles. The fourth-order valence-electron chi connectivity index (χ4n) is 2.69. The molecule has 0 spiro atoms. The molecule has 2 aromatic rings. The fraction of sp³-hybridized carbons (Fsp3) is 0.444. The molecule has 0 bridgehead atoms. The van der Waals surface area contributed by atoms with E-state index in [1.54, 1.807) is 19.1 Å². The zero-order valence-electron chi connectivity index (χ0n) is 14.8. The molecule has 2 rings (SSSR count). The molecule has 1 unspecified atom stereocenters. The minimum Gasteiger partial charge on any atom is -0.508 e. The van der Waals surface area contributed by atoms with Crippen molar-refractivity contribution in [1.29, 1.82) is 0 Å². The molecule has 1 aromatic heterocycles. The van der Waals surface area contributed by atoms with Crippen LogP contribution in [0.3, 0.4) is 0 Å². The molecule has 0 aliphatic carbocycles. The van der Waals surface area contributed by atoms with E-state index in [0.29, 0.717) is 24.2 Å². The van der Waals surface area contributed by atoms with Gasteiger partial charge in [0.1, 0.15) is 17.9 Å². The number of amides is 1. The molecule has 3 N–H and O–H groups in total. The summed E-state index contributed by atoms with van der Waals surface area (Å²) in [5.74, 6) is 0.0501. The number of likely N-dealkylation sites (N-methyl/N-ethyl adjacent to an activating group) is 1. The summed E-state index contributed by atoms with van der Waals surface area (Å²) >= 11 is 0. The third kappa shape index (κ3) is 4.35. The fourth-order valence-corrected chi connectivity index (χ4v) is 2.69. The number of carbonyl (C=O) groups excluding carboxylic acids is 1. The summed E-state index contributed by atoms with van der Waals surface area (Å²) in [4.78, 5) is 24.8. The van der Waals surface area contributed by atoms with Crippen molar-refractivity contribution in [3.63, 3.8) is 0 Å². The number of benzene rings is 1. The first-order valence-corrected chi connectivity index (χ1v) is 7.94. The van der Waals surface area contributed by atoms with Gasteiger partial charge in [-0.3, -0.25) is 4.79 Å². The summed E-state index contributed by atoms with van der Waals surface area (Å²) in [6.07, 6.45) is 0. The monoisotopic (exact) mass is 333 g/mol. The smallest absolute Gasteiger partial charge is 0.336 e. The predicted molar refractivity (Wildman–Crippen MR) is 92.2 cm³/mol. The van der Waals surface area contributed by atoms with Gasteiger partial charge in [-0.2, -0.15) is 0 Å². The summed E-state index contributed by atoms with van der Waals surface area (Å²) in [7, 11) is 1.90. The lowest BCUT2D eigenvalue weighted by atomic mass is 10.1. The molecule has 6 nitrogen and oxygen atoms in total. The molecule has 24 heavy (non-hydrogen) atoms. The first-order valence-electron chi connectivity index (χ1n) is 7.94. The van der Waals surface area contributed by atoms with Crippen LogP contribution in [-0.4, -0.2) is 30.1 Å². The molecule has 1 aromatic carbocycles. The number of nitrogens with one attached hydrogen (secondary N) is 2. The van der Waals surface area contributed by atoms with Crippen molar-refractivity contribution >= 4 is 16.9 Å². The van der Waals surface area contributed by atoms with E-state index in [4.69, 9.17) is 4.42 Å². The lowest BCUT2D eigenvalue weighted by Crippen LogP contribution is -3.09. The molecule has 0 saturated carbocycles. The standard InChI is InChI=1S/C18H24N2O4/c1-11-14(21)7-6-13-12(8-16(23)24-17(11)13)9-20(5)10-15(22)19-18(2,3)4/h6-8,21H,9-10H2,1-5H3,(H,19,22)/p+1. The lowest BCUT2D eigenvalue weighted by molar-refractivity contribution is -0.885. The normalized spacial score (nSPS) is 13.0. The minimum atomic E-state index is -0.460. The van der Waals surface area contributed by atoms with Crippen molar-refractivity contribution < 1.29 is 19.2 Å². The summed E-state index contributed by atoms with van der Waals surface area (Å²) in [5, 5.41) is 13.5. The summed E-state index contributed by atoms with van der Waals surface area (Å²) in [6, 6.07) is 4.77. The number of phenols is 1. The van der Waals surface area contributed by atoms with Gasteiger partial charge in [-0.15, -0.1) is 0 Å². The van der Waals surface area contributed by atoms with Gasteiger partial charge in [-0.25, -0.2) is 4.79 Å². The summed E-state index contributed by atoms with van der Waals surface area (Å²) < 4.78 is 5.24. The van der Waals surface area contributed by atoms with Crippen LogP contribution in [0.2, 0.25) is 0 Å². The maximum atomic E-state index is 12.0. The molecule has 6 heteroatoms. The summed E-state index contributed by atoms with van der Waals surface area (Å²) in [6.45, 7) is 8.32. The van der Waals surface area contributed by atoms with Crippen LogP contribution in [0.25, 0.3) is 11.0 Å². The minimum absolute atomic E-state index is 0.0407. The number of quaternary nitrogens is 1. The van der Waals surface area contributed by atoms with Crippen molar-refractivity contribution in [1.82, 2.24) is 5.32 Å². The first-order chi connectivity index (χ1) is 11.1. The quantitative estimate of drug-likeness (QED) is 0.721. The Morgan fingerprint density at radius 1 is 1.33 bits per heavy atom. The van der Waals surface area contributed by atoms with Gasteiger partial charge in [0, 0.05) is 28.1 Å². The Labute approximate surface area is 141 Å². The van der Waals surface area contributed by atoms with Crippen LogP contribution >= 0.6 is 0 Å². The second-order valence-electron chi connectivity index (χ2n) is 7.29. The second kappa shape index (κ2) is 6.65. The Bertz CT molecular complexity index is 818. The van der Waals surface area contributed by atoms with Crippen LogP contribution in [0.15, 0.2) is 27.4 Å². The van der Waals surface area contributed by atoms with E-state index in [9.17, 15) is 14.7 Å². The van der Waals surface area contributed by atoms with Gasteiger partial charge in [0.15, 0.2) is 6.54 Å². The van der Waals surface area contributed by atoms with Crippen LogP contribution in [0.1, 0.15) is 31.9 Å². The van der Waals surface area contributed by atoms with E-state index < -0.39 is 5.63 Å². The molecule has 0 saturated heterocycles. The Kier molecular flexibility index (Phi) is 4.99. The molecule has 0 aliphatic rings. The second-order valence-corrected chi connectivity index (χ2v) is 7.29. The van der Waals surface area contributed by atoms with Gasteiger partial charge in [-0.1, -0.05) is 0 Å². The number of carbonyl (C=O) groups is 1. The van der Waals surface area contributed by atoms with Crippen LogP contribution < -0.4 is 15.8 Å². The van der Waals surface area contributed by atoms with E-state index in [0.717, 1.165) is 15.8 Å². The lowest BCUT2D eigenvalue weighted by Gasteiger charge is -2.22. The Morgan fingerprint density at radius 2 is 2.00 bits per heavy atom. The third-order valence-electron chi connectivity index (χ3n) is 3.69. The molecular weight excluding hydrogens is 308 g/mol. The highest BCUT2D eigenvalue weighted by Gasteiger charge is 2.19. The van der Waals surface area contributed by atoms with E-state index in [1.165, 1.54) is 6.07 Å². The maximum absolute atomic E-state index is 12.0. The van der Waals surface area contributed by atoms with Crippen molar-refractivity contribution in [2.24, 2.45) is 0 Å². The average Bonchev–Trinajstić information content (AvgIpc) is 2.40. The SMILES string of the molecule is Cc1c(O)ccc2c(C[NH+](C)CC(=O)NC(C)(C)C)cc(=O)oc12. The van der Waals surface area contributed by atoms with Crippen LogP contribution in [0.4, 0.5) is 0 Å². The molecule has 0 aliphatic heterocycles. The van der Waals surface area contributed by atoms with E-state index >= 15 is 0 Å². The van der Waals surface area contributed by atoms with E-state index in [2.05, 4.69) is 5.32 Å². The van der Waals surface area contributed by atoms with Crippen molar-refractivity contribution in [3.05, 3.63) is 39.7 Å². The number of phenolic OH excluding ortho intramolecular Hbond substituents is 1. The largest absolute Gasteiger partial charge is 0.508 e. The van der Waals surface area contributed by atoms with Gasteiger partial charge in [-0.05, 0) is 39.8 Å².